The van der Waals surface area contributed by atoms with Gasteiger partial charge in [0, 0.05) is 12.5 Å². The van der Waals surface area contributed by atoms with Crippen molar-refractivity contribution >= 4 is 11.8 Å². The molecule has 28 heavy (non-hydrogen) atoms. The number of hydrogen-bond acceptors (Lipinski definition) is 4. The molecular formula is C22H39N3O3. The average Bonchev–Trinajstić information content (AvgIpc) is 2.73. The number of hydrogen-bond donors (Lipinski definition) is 3. The monoisotopic (exact) mass is 393 g/mol. The Hall–Kier alpha value is -1.14. The van der Waals surface area contributed by atoms with Gasteiger partial charge in [-0.05, 0) is 69.9 Å². The number of ether oxygens (including phenoxy) is 1. The van der Waals surface area contributed by atoms with Gasteiger partial charge in [0.1, 0.15) is 6.04 Å². The fourth-order valence-corrected chi connectivity index (χ4v) is 5.10. The Balaban J connectivity index is 1.37. The average molecular weight is 394 g/mol. The number of amides is 2. The van der Waals surface area contributed by atoms with E-state index in [1.165, 1.54) is 32.1 Å². The minimum Gasteiger partial charge on any atom is -0.378 e. The Kier molecular flexibility index (Phi) is 8.59. The summed E-state index contributed by atoms with van der Waals surface area (Å²) >= 11 is 0. The Bertz CT molecular complexity index is 493. The molecule has 1 atom stereocenters. The van der Waals surface area contributed by atoms with Crippen LogP contribution < -0.4 is 16.4 Å². The minimum absolute atomic E-state index is 0.00747. The van der Waals surface area contributed by atoms with Crippen LogP contribution >= 0.6 is 0 Å². The first-order valence-corrected chi connectivity index (χ1v) is 11.5. The number of carbonyl (C=O) groups excluding carboxylic acids is 2. The van der Waals surface area contributed by atoms with E-state index in [-0.39, 0.29) is 17.9 Å². The minimum atomic E-state index is -0.510. The number of rotatable bonds is 8. The van der Waals surface area contributed by atoms with E-state index in [1.807, 2.05) is 0 Å². The molecule has 3 aliphatic rings. The summed E-state index contributed by atoms with van der Waals surface area (Å²) in [5, 5.41) is 6.36. The van der Waals surface area contributed by atoms with Gasteiger partial charge >= 0.3 is 0 Å². The van der Waals surface area contributed by atoms with Crippen molar-refractivity contribution in [3.8, 4) is 0 Å². The molecule has 2 saturated carbocycles. The molecule has 1 aliphatic heterocycles. The SMILES string of the molecule is NC(=O)C(CC1CCCCC1)NC(=O)C1CCC(OCC2CCNCC2)CC1. The van der Waals surface area contributed by atoms with Crippen LogP contribution in [0.25, 0.3) is 0 Å². The van der Waals surface area contributed by atoms with Gasteiger partial charge in [-0.3, -0.25) is 9.59 Å². The molecule has 0 aromatic rings. The smallest absolute Gasteiger partial charge is 0.240 e. The third kappa shape index (κ3) is 6.73. The highest BCUT2D eigenvalue weighted by Crippen LogP contribution is 2.29. The Morgan fingerprint density at radius 3 is 2.25 bits per heavy atom. The normalized spacial score (nSPS) is 28.6. The molecule has 4 N–H and O–H groups in total. The molecule has 6 heteroatoms. The van der Waals surface area contributed by atoms with E-state index in [0.29, 0.717) is 18.3 Å². The van der Waals surface area contributed by atoms with Crippen molar-refractivity contribution in [2.45, 2.75) is 89.2 Å². The fourth-order valence-electron chi connectivity index (χ4n) is 5.10. The van der Waals surface area contributed by atoms with Crippen LogP contribution in [-0.2, 0) is 14.3 Å². The molecule has 0 aromatic carbocycles. The zero-order chi connectivity index (χ0) is 19.8. The number of nitrogens with one attached hydrogen (secondary N) is 2. The molecule has 2 aliphatic carbocycles. The Labute approximate surface area is 169 Å². The van der Waals surface area contributed by atoms with E-state index < -0.39 is 11.9 Å². The van der Waals surface area contributed by atoms with E-state index in [1.54, 1.807) is 0 Å². The Morgan fingerprint density at radius 2 is 1.61 bits per heavy atom. The molecule has 3 fully saturated rings. The van der Waals surface area contributed by atoms with Crippen LogP contribution in [0.4, 0.5) is 0 Å². The standard InChI is InChI=1S/C22H39N3O3/c23-21(26)20(14-16-4-2-1-3-5-16)25-22(27)18-6-8-19(9-7-18)28-15-17-10-12-24-13-11-17/h16-20,24H,1-15H2,(H2,23,26)(H,25,27). The van der Waals surface area contributed by atoms with Crippen LogP contribution in [0.3, 0.4) is 0 Å². The van der Waals surface area contributed by atoms with Gasteiger partial charge in [-0.25, -0.2) is 0 Å². The second-order valence-corrected chi connectivity index (χ2v) is 9.20. The lowest BCUT2D eigenvalue weighted by Gasteiger charge is -2.31. The van der Waals surface area contributed by atoms with Crippen molar-refractivity contribution in [2.75, 3.05) is 19.7 Å². The maximum atomic E-state index is 12.7. The summed E-state index contributed by atoms with van der Waals surface area (Å²) in [7, 11) is 0. The highest BCUT2D eigenvalue weighted by atomic mass is 16.5. The van der Waals surface area contributed by atoms with Gasteiger partial charge in [-0.2, -0.15) is 0 Å². The van der Waals surface area contributed by atoms with Crippen molar-refractivity contribution in [3.05, 3.63) is 0 Å². The molecule has 2 amide bonds. The van der Waals surface area contributed by atoms with E-state index in [0.717, 1.165) is 58.2 Å². The highest BCUT2D eigenvalue weighted by molar-refractivity contribution is 5.87. The predicted molar refractivity (Wildman–Crippen MR) is 110 cm³/mol. The first kappa shape index (κ1) is 21.6. The summed E-state index contributed by atoms with van der Waals surface area (Å²) in [5.74, 6) is 0.810. The van der Waals surface area contributed by atoms with Crippen molar-refractivity contribution < 1.29 is 14.3 Å². The van der Waals surface area contributed by atoms with Crippen LogP contribution in [0.5, 0.6) is 0 Å². The Morgan fingerprint density at radius 1 is 0.929 bits per heavy atom. The quantitative estimate of drug-likeness (QED) is 0.591. The van der Waals surface area contributed by atoms with Crippen LogP contribution in [0.1, 0.15) is 77.0 Å². The highest BCUT2D eigenvalue weighted by Gasteiger charge is 2.31. The van der Waals surface area contributed by atoms with Gasteiger partial charge in [0.2, 0.25) is 11.8 Å². The predicted octanol–water partition coefficient (Wildman–Crippen LogP) is 2.50. The summed E-state index contributed by atoms with van der Waals surface area (Å²) in [4.78, 5) is 24.6. The molecule has 3 rings (SSSR count). The number of carbonyl (C=O) groups is 2. The van der Waals surface area contributed by atoms with Crippen molar-refractivity contribution in [3.63, 3.8) is 0 Å². The molecule has 160 valence electrons. The molecular weight excluding hydrogens is 354 g/mol. The van der Waals surface area contributed by atoms with Gasteiger partial charge < -0.3 is 21.1 Å². The second-order valence-electron chi connectivity index (χ2n) is 9.20. The third-order valence-electron chi connectivity index (χ3n) is 7.03. The number of piperidine rings is 1. The first-order valence-electron chi connectivity index (χ1n) is 11.5. The molecule has 0 bridgehead atoms. The van der Waals surface area contributed by atoms with Crippen molar-refractivity contribution in [1.82, 2.24) is 10.6 Å². The van der Waals surface area contributed by atoms with Gasteiger partial charge in [0.05, 0.1) is 6.10 Å². The van der Waals surface area contributed by atoms with Crippen molar-refractivity contribution in [2.24, 2.45) is 23.5 Å². The molecule has 0 radical (unpaired) electrons. The third-order valence-corrected chi connectivity index (χ3v) is 7.03. The van der Waals surface area contributed by atoms with Crippen LogP contribution in [-0.4, -0.2) is 43.7 Å². The maximum absolute atomic E-state index is 12.7. The van der Waals surface area contributed by atoms with Crippen molar-refractivity contribution in [1.29, 1.82) is 0 Å². The first-order chi connectivity index (χ1) is 13.6. The number of primary amides is 1. The van der Waals surface area contributed by atoms with Gasteiger partial charge in [0.25, 0.3) is 0 Å². The zero-order valence-corrected chi connectivity index (χ0v) is 17.3. The molecule has 6 nitrogen and oxygen atoms in total. The van der Waals surface area contributed by atoms with E-state index in [4.69, 9.17) is 10.5 Å². The van der Waals surface area contributed by atoms with Gasteiger partial charge in [0.15, 0.2) is 0 Å². The molecule has 1 heterocycles. The summed E-state index contributed by atoms with van der Waals surface area (Å²) < 4.78 is 6.14. The van der Waals surface area contributed by atoms with Crippen LogP contribution in [0.15, 0.2) is 0 Å². The second kappa shape index (κ2) is 11.1. The van der Waals surface area contributed by atoms with Gasteiger partial charge in [-0.15, -0.1) is 0 Å². The number of nitrogens with two attached hydrogens (primary N) is 1. The zero-order valence-electron chi connectivity index (χ0n) is 17.3. The lowest BCUT2D eigenvalue weighted by atomic mass is 9.84. The van der Waals surface area contributed by atoms with E-state index in [9.17, 15) is 9.59 Å². The largest absolute Gasteiger partial charge is 0.378 e. The lowest BCUT2D eigenvalue weighted by molar-refractivity contribution is -0.131. The van der Waals surface area contributed by atoms with Crippen LogP contribution in [0, 0.1) is 17.8 Å². The fraction of sp³-hybridized carbons (Fsp3) is 0.909. The van der Waals surface area contributed by atoms with Gasteiger partial charge in [-0.1, -0.05) is 32.1 Å². The van der Waals surface area contributed by atoms with E-state index >= 15 is 0 Å². The molecule has 1 saturated heterocycles. The van der Waals surface area contributed by atoms with E-state index in [2.05, 4.69) is 10.6 Å². The molecule has 0 aromatic heterocycles. The summed E-state index contributed by atoms with van der Waals surface area (Å²) in [5.41, 5.74) is 5.59. The summed E-state index contributed by atoms with van der Waals surface area (Å²) in [6.45, 7) is 3.06. The van der Waals surface area contributed by atoms with Crippen LogP contribution in [0.2, 0.25) is 0 Å². The molecule has 0 spiro atoms. The molecule has 1 unspecified atom stereocenters. The summed E-state index contributed by atoms with van der Waals surface area (Å²) in [6.07, 6.45) is 13.0. The summed E-state index contributed by atoms with van der Waals surface area (Å²) in [6, 6.07) is -0.510. The topological polar surface area (TPSA) is 93.5 Å². The maximum Gasteiger partial charge on any atom is 0.240 e. The lowest BCUT2D eigenvalue weighted by Crippen LogP contribution is -2.48.